The standard InChI is InChI=1S/C20H28N2O3S/c23-19(15-5-1-2-6-15)22-11-3-7-16(22)17-8-9-18(26-17)20(24)21-10-4-13-25-14-12-21/h8-9,15-16H,1-7,10-14H2/t16-/m0/s1. The number of thiophene rings is 1. The minimum absolute atomic E-state index is 0.110. The molecular formula is C20H28N2O3S. The van der Waals surface area contributed by atoms with Gasteiger partial charge in [0, 0.05) is 37.0 Å². The van der Waals surface area contributed by atoms with Gasteiger partial charge in [0.1, 0.15) is 0 Å². The number of ether oxygens (including phenoxy) is 1. The molecule has 0 N–H and O–H groups in total. The van der Waals surface area contributed by atoms with Gasteiger partial charge in [-0.2, -0.15) is 0 Å². The van der Waals surface area contributed by atoms with Gasteiger partial charge in [-0.3, -0.25) is 9.59 Å². The predicted molar refractivity (Wildman–Crippen MR) is 101 cm³/mol. The molecule has 1 aliphatic carbocycles. The highest BCUT2D eigenvalue weighted by Crippen LogP contribution is 2.39. The molecule has 26 heavy (non-hydrogen) atoms. The highest BCUT2D eigenvalue weighted by molar-refractivity contribution is 7.14. The van der Waals surface area contributed by atoms with E-state index >= 15 is 0 Å². The molecule has 2 amide bonds. The first-order valence-electron chi connectivity index (χ1n) is 10.0. The van der Waals surface area contributed by atoms with Crippen molar-refractivity contribution in [3.05, 3.63) is 21.9 Å². The van der Waals surface area contributed by atoms with Crippen LogP contribution in [-0.4, -0.2) is 54.5 Å². The molecule has 5 nitrogen and oxygen atoms in total. The smallest absolute Gasteiger partial charge is 0.264 e. The summed E-state index contributed by atoms with van der Waals surface area (Å²) in [4.78, 5) is 31.7. The molecule has 2 aliphatic heterocycles. The Hall–Kier alpha value is -1.40. The van der Waals surface area contributed by atoms with Gasteiger partial charge in [-0.25, -0.2) is 0 Å². The molecule has 3 fully saturated rings. The van der Waals surface area contributed by atoms with Crippen molar-refractivity contribution in [2.24, 2.45) is 5.92 Å². The van der Waals surface area contributed by atoms with Crippen LogP contribution in [0.15, 0.2) is 12.1 Å². The summed E-state index contributed by atoms with van der Waals surface area (Å²) in [5.74, 6) is 0.683. The normalized spacial score (nSPS) is 24.8. The zero-order valence-corrected chi connectivity index (χ0v) is 16.1. The molecule has 1 saturated carbocycles. The number of hydrogen-bond donors (Lipinski definition) is 0. The lowest BCUT2D eigenvalue weighted by molar-refractivity contribution is -0.136. The molecule has 0 aromatic carbocycles. The van der Waals surface area contributed by atoms with Gasteiger partial charge in [0.05, 0.1) is 17.5 Å². The first-order chi connectivity index (χ1) is 12.7. The molecule has 0 unspecified atom stereocenters. The topological polar surface area (TPSA) is 49.9 Å². The van der Waals surface area contributed by atoms with E-state index < -0.39 is 0 Å². The van der Waals surface area contributed by atoms with Crippen molar-refractivity contribution < 1.29 is 14.3 Å². The SMILES string of the molecule is O=C(c1ccc([C@@H]2CCCN2C(=O)C2CCCC2)s1)N1CCCOCC1. The molecule has 6 heteroatoms. The van der Waals surface area contributed by atoms with Crippen molar-refractivity contribution in [3.8, 4) is 0 Å². The lowest BCUT2D eigenvalue weighted by Gasteiger charge is -2.26. The molecule has 1 aromatic rings. The van der Waals surface area contributed by atoms with E-state index in [1.54, 1.807) is 11.3 Å². The number of carbonyl (C=O) groups excluding carboxylic acids is 2. The molecule has 0 bridgehead atoms. The van der Waals surface area contributed by atoms with Crippen molar-refractivity contribution in [3.63, 3.8) is 0 Å². The third-order valence-electron chi connectivity index (χ3n) is 5.92. The van der Waals surface area contributed by atoms with Crippen molar-refractivity contribution in [1.82, 2.24) is 9.80 Å². The van der Waals surface area contributed by atoms with E-state index in [1.807, 2.05) is 11.0 Å². The summed E-state index contributed by atoms with van der Waals surface area (Å²) in [5, 5.41) is 0. The van der Waals surface area contributed by atoms with E-state index in [1.165, 1.54) is 17.7 Å². The summed E-state index contributed by atoms with van der Waals surface area (Å²) in [6.45, 7) is 3.66. The second kappa shape index (κ2) is 8.09. The van der Waals surface area contributed by atoms with Gasteiger partial charge in [-0.15, -0.1) is 11.3 Å². The van der Waals surface area contributed by atoms with E-state index in [2.05, 4.69) is 11.0 Å². The minimum atomic E-state index is 0.110. The zero-order chi connectivity index (χ0) is 17.9. The molecular weight excluding hydrogens is 348 g/mol. The Morgan fingerprint density at radius 1 is 0.962 bits per heavy atom. The molecule has 2 saturated heterocycles. The number of likely N-dealkylation sites (tertiary alicyclic amines) is 1. The Bertz CT molecular complexity index is 645. The number of hydrogen-bond acceptors (Lipinski definition) is 4. The number of nitrogens with zero attached hydrogens (tertiary/aromatic N) is 2. The van der Waals surface area contributed by atoms with Crippen LogP contribution in [0.5, 0.6) is 0 Å². The fourth-order valence-electron chi connectivity index (χ4n) is 4.49. The van der Waals surface area contributed by atoms with E-state index in [0.717, 1.165) is 56.7 Å². The van der Waals surface area contributed by atoms with Crippen molar-refractivity contribution in [2.45, 2.75) is 51.0 Å². The van der Waals surface area contributed by atoms with Gasteiger partial charge in [-0.05, 0) is 44.2 Å². The quantitative estimate of drug-likeness (QED) is 0.812. The van der Waals surface area contributed by atoms with Crippen LogP contribution in [0.25, 0.3) is 0 Å². The molecule has 4 rings (SSSR count). The fraction of sp³-hybridized carbons (Fsp3) is 0.700. The van der Waals surface area contributed by atoms with Gasteiger partial charge < -0.3 is 14.5 Å². The van der Waals surface area contributed by atoms with Crippen LogP contribution < -0.4 is 0 Å². The van der Waals surface area contributed by atoms with Gasteiger partial charge >= 0.3 is 0 Å². The maximum Gasteiger partial charge on any atom is 0.264 e. The molecule has 0 spiro atoms. The maximum atomic E-state index is 12.9. The van der Waals surface area contributed by atoms with Crippen LogP contribution >= 0.6 is 11.3 Å². The lowest BCUT2D eigenvalue weighted by atomic mass is 10.1. The largest absolute Gasteiger partial charge is 0.380 e. The van der Waals surface area contributed by atoms with Crippen molar-refractivity contribution >= 4 is 23.2 Å². The second-order valence-electron chi connectivity index (χ2n) is 7.63. The molecule has 0 radical (unpaired) electrons. The van der Waals surface area contributed by atoms with Crippen LogP contribution in [0, 0.1) is 5.92 Å². The summed E-state index contributed by atoms with van der Waals surface area (Å²) in [7, 11) is 0. The van der Waals surface area contributed by atoms with E-state index in [4.69, 9.17) is 4.74 Å². The monoisotopic (exact) mass is 376 g/mol. The van der Waals surface area contributed by atoms with Crippen LogP contribution in [0.4, 0.5) is 0 Å². The second-order valence-corrected chi connectivity index (χ2v) is 8.75. The molecule has 1 atom stereocenters. The number of carbonyl (C=O) groups is 2. The Balaban J connectivity index is 1.46. The highest BCUT2D eigenvalue weighted by atomic mass is 32.1. The molecule has 3 aliphatic rings. The third-order valence-corrected chi connectivity index (χ3v) is 7.09. The zero-order valence-electron chi connectivity index (χ0n) is 15.3. The molecule has 1 aromatic heterocycles. The van der Waals surface area contributed by atoms with Crippen molar-refractivity contribution in [1.29, 1.82) is 0 Å². The Morgan fingerprint density at radius 3 is 2.65 bits per heavy atom. The summed E-state index contributed by atoms with van der Waals surface area (Å²) in [6.07, 6.45) is 7.45. The Labute approximate surface area is 159 Å². The van der Waals surface area contributed by atoms with Gasteiger partial charge in [0.2, 0.25) is 5.91 Å². The third kappa shape index (κ3) is 3.67. The minimum Gasteiger partial charge on any atom is -0.380 e. The molecule has 142 valence electrons. The summed E-state index contributed by atoms with van der Waals surface area (Å²) < 4.78 is 5.45. The molecule has 3 heterocycles. The first-order valence-corrected chi connectivity index (χ1v) is 10.8. The van der Waals surface area contributed by atoms with Gasteiger partial charge in [0.15, 0.2) is 0 Å². The predicted octanol–water partition coefficient (Wildman–Crippen LogP) is 3.46. The van der Waals surface area contributed by atoms with Gasteiger partial charge in [0.25, 0.3) is 5.91 Å². The van der Waals surface area contributed by atoms with Crippen LogP contribution in [0.3, 0.4) is 0 Å². The highest BCUT2D eigenvalue weighted by Gasteiger charge is 2.36. The van der Waals surface area contributed by atoms with Crippen LogP contribution in [-0.2, 0) is 9.53 Å². The summed E-state index contributed by atoms with van der Waals surface area (Å²) >= 11 is 1.58. The van der Waals surface area contributed by atoms with Crippen LogP contribution in [0.1, 0.15) is 65.5 Å². The van der Waals surface area contributed by atoms with E-state index in [0.29, 0.717) is 19.1 Å². The van der Waals surface area contributed by atoms with E-state index in [9.17, 15) is 9.59 Å². The number of rotatable bonds is 3. The Kier molecular flexibility index (Phi) is 5.60. The van der Waals surface area contributed by atoms with Gasteiger partial charge in [-0.1, -0.05) is 12.8 Å². The van der Waals surface area contributed by atoms with Crippen molar-refractivity contribution in [2.75, 3.05) is 32.8 Å². The lowest BCUT2D eigenvalue weighted by Crippen LogP contribution is -2.34. The Morgan fingerprint density at radius 2 is 1.81 bits per heavy atom. The van der Waals surface area contributed by atoms with Crippen LogP contribution in [0.2, 0.25) is 0 Å². The summed E-state index contributed by atoms with van der Waals surface area (Å²) in [5.41, 5.74) is 0. The first kappa shape index (κ1) is 18.0. The summed E-state index contributed by atoms with van der Waals surface area (Å²) in [6, 6.07) is 4.18. The number of amides is 2. The van der Waals surface area contributed by atoms with E-state index in [-0.39, 0.29) is 17.9 Å². The fourth-order valence-corrected chi connectivity index (χ4v) is 5.61. The average Bonchev–Trinajstić information content (AvgIpc) is 3.38. The maximum absolute atomic E-state index is 12.9. The average molecular weight is 377 g/mol.